The second kappa shape index (κ2) is 11.9. The second-order valence-corrected chi connectivity index (χ2v) is 15.8. The van der Waals surface area contributed by atoms with Crippen molar-refractivity contribution in [1.82, 2.24) is 18.6 Å². The highest BCUT2D eigenvalue weighted by Gasteiger charge is 2.46. The molecule has 2 fully saturated rings. The molecule has 1 N–H and O–H groups in total. The molecule has 3 aliphatic rings. The van der Waals surface area contributed by atoms with Crippen molar-refractivity contribution in [2.24, 2.45) is 5.41 Å². The molecule has 0 unspecified atom stereocenters. The highest BCUT2D eigenvalue weighted by molar-refractivity contribution is 7.87. The number of benzene rings is 2. The minimum atomic E-state index is -3.98. The van der Waals surface area contributed by atoms with E-state index in [4.69, 9.17) is 9.72 Å². The smallest absolute Gasteiger partial charge is 0.303 e. The van der Waals surface area contributed by atoms with Crippen molar-refractivity contribution in [1.29, 1.82) is 0 Å². The number of ether oxygens (including phenoxy) is 1. The van der Waals surface area contributed by atoms with Gasteiger partial charge in [0, 0.05) is 54.4 Å². The lowest BCUT2D eigenvalue weighted by molar-refractivity contribution is -0.132. The average molecular weight is 668 g/mol. The molecule has 7 rings (SSSR count). The maximum atomic E-state index is 13.4. The van der Waals surface area contributed by atoms with Crippen LogP contribution in [0.3, 0.4) is 0 Å². The number of amides is 2. The summed E-state index contributed by atoms with van der Waals surface area (Å²) in [5, 5.41) is 1.05. The predicted molar refractivity (Wildman–Crippen MR) is 188 cm³/mol. The Labute approximate surface area is 281 Å². The number of fused-ring (bicyclic) bond motifs is 5. The molecular weight excluding hydrogens is 627 g/mol. The van der Waals surface area contributed by atoms with E-state index in [2.05, 4.69) is 21.4 Å². The lowest BCUT2D eigenvalue weighted by atomic mass is 9.81. The molecule has 0 spiro atoms. The fraction of sp³-hybridized carbons (Fsp3) is 0.378. The molecule has 0 radical (unpaired) electrons. The molecule has 1 saturated heterocycles. The van der Waals surface area contributed by atoms with Gasteiger partial charge >= 0.3 is 10.2 Å². The molecule has 2 aliphatic heterocycles. The molecule has 2 aromatic heterocycles. The van der Waals surface area contributed by atoms with Crippen molar-refractivity contribution in [3.05, 3.63) is 77.1 Å². The number of pyridine rings is 1. The van der Waals surface area contributed by atoms with Gasteiger partial charge in [0.1, 0.15) is 5.75 Å². The third-order valence-electron chi connectivity index (χ3n) is 10.0. The predicted octanol–water partition coefficient (Wildman–Crippen LogP) is 6.22. The van der Waals surface area contributed by atoms with Crippen LogP contribution in [0.2, 0.25) is 0 Å². The van der Waals surface area contributed by atoms with Crippen molar-refractivity contribution < 1.29 is 22.7 Å². The Morgan fingerprint density at radius 1 is 1.06 bits per heavy atom. The van der Waals surface area contributed by atoms with Crippen LogP contribution in [0.25, 0.3) is 33.8 Å². The number of aromatic nitrogens is 2. The lowest BCUT2D eigenvalue weighted by Crippen LogP contribution is -2.59. The van der Waals surface area contributed by atoms with Gasteiger partial charge in [0.05, 0.1) is 36.1 Å². The Kier molecular flexibility index (Phi) is 7.95. The first-order valence-corrected chi connectivity index (χ1v) is 17.9. The van der Waals surface area contributed by atoms with E-state index in [0.29, 0.717) is 19.0 Å². The quantitative estimate of drug-likeness (QED) is 0.234. The number of hydrogen-bond acceptors (Lipinski definition) is 6. The van der Waals surface area contributed by atoms with Crippen molar-refractivity contribution in [2.45, 2.75) is 58.4 Å². The van der Waals surface area contributed by atoms with Crippen LogP contribution < -0.4 is 14.4 Å². The van der Waals surface area contributed by atoms with Crippen LogP contribution in [-0.4, -0.2) is 61.8 Å². The number of methoxy groups -OCH3 is 1. The highest BCUT2D eigenvalue weighted by Crippen LogP contribution is 2.48. The zero-order valence-corrected chi connectivity index (χ0v) is 28.9. The van der Waals surface area contributed by atoms with Crippen LogP contribution in [0.1, 0.15) is 79.0 Å². The first-order valence-electron chi connectivity index (χ1n) is 16.5. The molecule has 2 aromatic carbocycles. The Hall–Kier alpha value is -4.48. The van der Waals surface area contributed by atoms with E-state index in [1.807, 2.05) is 44.2 Å². The normalized spacial score (nSPS) is 17.8. The molecule has 10 nitrogen and oxygen atoms in total. The number of hydrogen-bond donors (Lipinski definition) is 1. The summed E-state index contributed by atoms with van der Waals surface area (Å²) < 4.78 is 36.2. The number of anilines is 1. The van der Waals surface area contributed by atoms with Gasteiger partial charge < -0.3 is 14.2 Å². The Bertz CT molecular complexity index is 2110. The molecule has 2 amide bonds. The topological polar surface area (TPSA) is 114 Å². The maximum Gasteiger partial charge on any atom is 0.303 e. The van der Waals surface area contributed by atoms with Crippen LogP contribution in [0, 0.1) is 5.41 Å². The fourth-order valence-electron chi connectivity index (χ4n) is 7.46. The van der Waals surface area contributed by atoms with Crippen molar-refractivity contribution in [3.8, 4) is 17.0 Å². The van der Waals surface area contributed by atoms with E-state index in [9.17, 15) is 18.0 Å². The summed E-state index contributed by atoms with van der Waals surface area (Å²) >= 11 is 0. The molecular formula is C37H41N5O5S. The van der Waals surface area contributed by atoms with E-state index in [-0.39, 0.29) is 11.5 Å². The minimum absolute atomic E-state index is 0.0584. The molecule has 48 heavy (non-hydrogen) atoms. The SMILES string of the molecule is COc1ccc2c(c1)C=C(c1ncccc1N1CC(C)(C)C1=O)Cn1c-2c(C2CCCCC2)c2ccc(C(=O)NS(=O)(=O)N(C)C)cc21. The summed E-state index contributed by atoms with van der Waals surface area (Å²) in [5.74, 6) is 0.424. The molecule has 11 heteroatoms. The summed E-state index contributed by atoms with van der Waals surface area (Å²) in [6, 6.07) is 15.4. The Morgan fingerprint density at radius 2 is 1.83 bits per heavy atom. The van der Waals surface area contributed by atoms with Crippen LogP contribution in [0.5, 0.6) is 5.75 Å². The van der Waals surface area contributed by atoms with E-state index < -0.39 is 21.5 Å². The summed E-state index contributed by atoms with van der Waals surface area (Å²) in [5.41, 5.74) is 7.40. The molecule has 250 valence electrons. The second-order valence-electron chi connectivity index (χ2n) is 13.9. The summed E-state index contributed by atoms with van der Waals surface area (Å²) in [6.45, 7) is 4.93. The zero-order valence-electron chi connectivity index (χ0n) is 28.0. The summed E-state index contributed by atoms with van der Waals surface area (Å²) in [4.78, 5) is 33.2. The van der Waals surface area contributed by atoms with Gasteiger partial charge in [-0.05, 0) is 92.3 Å². The number of nitrogens with zero attached hydrogens (tertiary/aromatic N) is 4. The van der Waals surface area contributed by atoms with Crippen molar-refractivity contribution >= 4 is 50.3 Å². The van der Waals surface area contributed by atoms with Crippen LogP contribution in [-0.2, 0) is 21.5 Å². The first-order chi connectivity index (χ1) is 22.9. The molecule has 1 saturated carbocycles. The van der Waals surface area contributed by atoms with Gasteiger partial charge in [-0.3, -0.25) is 14.6 Å². The zero-order chi connectivity index (χ0) is 34.0. The van der Waals surface area contributed by atoms with Gasteiger partial charge in [0.25, 0.3) is 5.91 Å². The van der Waals surface area contributed by atoms with Crippen LogP contribution in [0.15, 0.2) is 54.7 Å². The number of rotatable bonds is 7. The highest BCUT2D eigenvalue weighted by atomic mass is 32.2. The average Bonchev–Trinajstić information content (AvgIpc) is 3.29. The van der Waals surface area contributed by atoms with Gasteiger partial charge in [-0.15, -0.1) is 0 Å². The van der Waals surface area contributed by atoms with Gasteiger partial charge in [0.2, 0.25) is 5.91 Å². The number of allylic oxidation sites excluding steroid dienone is 1. The van der Waals surface area contributed by atoms with E-state index >= 15 is 0 Å². The number of β-lactam (4-membered cyclic amide) rings is 1. The Morgan fingerprint density at radius 3 is 2.52 bits per heavy atom. The van der Waals surface area contributed by atoms with E-state index in [1.165, 1.54) is 26.1 Å². The lowest BCUT2D eigenvalue weighted by Gasteiger charge is -2.45. The van der Waals surface area contributed by atoms with Crippen LogP contribution in [0.4, 0.5) is 5.69 Å². The van der Waals surface area contributed by atoms with Gasteiger partial charge in [-0.1, -0.05) is 25.3 Å². The molecule has 4 aromatic rings. The largest absolute Gasteiger partial charge is 0.497 e. The number of nitrogens with one attached hydrogen (secondary N) is 1. The van der Waals surface area contributed by atoms with E-state index in [0.717, 1.165) is 80.4 Å². The molecule has 0 bridgehead atoms. The molecule has 4 heterocycles. The fourth-order valence-corrected chi connectivity index (χ4v) is 7.99. The standard InChI is InChI=1S/C37H41N5O5S/c1-37(2)22-42(36(37)44)30-12-9-17-38-33(30)26-18-25-19-27(47-5)14-16-28(25)34-32(23-10-7-6-8-11-23)29-15-13-24(20-31(29)41(34)21-26)35(43)39-48(45,46)40(3)4/h9,12-20,23H,6-8,10-11,21-22H2,1-5H3,(H,39,43). The molecule has 0 atom stereocenters. The number of carbonyl (C=O) groups excluding carboxylic acids is 2. The van der Waals surface area contributed by atoms with Gasteiger partial charge in [-0.25, -0.2) is 4.72 Å². The monoisotopic (exact) mass is 667 g/mol. The van der Waals surface area contributed by atoms with E-state index in [1.54, 1.807) is 30.3 Å². The first kappa shape index (κ1) is 32.1. The Balaban J connectivity index is 1.46. The van der Waals surface area contributed by atoms with Gasteiger partial charge in [0.15, 0.2) is 0 Å². The van der Waals surface area contributed by atoms with Gasteiger partial charge in [-0.2, -0.15) is 12.7 Å². The maximum absolute atomic E-state index is 13.4. The summed E-state index contributed by atoms with van der Waals surface area (Å²) in [6.07, 6.45) is 9.54. The third-order valence-corrected chi connectivity index (χ3v) is 11.4. The minimum Gasteiger partial charge on any atom is -0.497 e. The van der Waals surface area contributed by atoms with Crippen molar-refractivity contribution in [2.75, 3.05) is 32.6 Å². The number of carbonyl (C=O) groups is 2. The van der Waals surface area contributed by atoms with Crippen molar-refractivity contribution in [3.63, 3.8) is 0 Å². The molecule has 1 aliphatic carbocycles. The van der Waals surface area contributed by atoms with Crippen LogP contribution >= 0.6 is 0 Å². The third kappa shape index (κ3) is 5.38. The summed E-state index contributed by atoms with van der Waals surface area (Å²) in [7, 11) is 0.431.